The van der Waals surface area contributed by atoms with Crippen LogP contribution < -0.4 is 5.56 Å². The number of nitrogens with zero attached hydrogens (tertiary/aromatic N) is 4. The van der Waals surface area contributed by atoms with Gasteiger partial charge in [-0.15, -0.1) is 22.0 Å². The van der Waals surface area contributed by atoms with E-state index in [-0.39, 0.29) is 5.56 Å². The highest BCUT2D eigenvalue weighted by molar-refractivity contribution is 7.98. The van der Waals surface area contributed by atoms with Crippen molar-refractivity contribution in [1.29, 1.82) is 0 Å². The second kappa shape index (κ2) is 6.25. The lowest BCUT2D eigenvalue weighted by Crippen LogP contribution is -2.20. The lowest BCUT2D eigenvalue weighted by Gasteiger charge is -2.08. The van der Waals surface area contributed by atoms with Gasteiger partial charge in [0.15, 0.2) is 0 Å². The standard InChI is InChI=1S/C21H16N4OS/c1-24-20(26)17-8-4-5-9-18(17)25-19(22-23-21(24)25)13-27-16-11-10-14-6-2-3-7-15(14)12-16/h2-12H,13H2,1H3. The van der Waals surface area contributed by atoms with Crippen molar-refractivity contribution in [2.75, 3.05) is 0 Å². The second-order valence-electron chi connectivity index (χ2n) is 6.43. The topological polar surface area (TPSA) is 52.2 Å². The summed E-state index contributed by atoms with van der Waals surface area (Å²) in [5, 5.41) is 11.7. The molecule has 0 unspecified atom stereocenters. The summed E-state index contributed by atoms with van der Waals surface area (Å²) in [6.45, 7) is 0. The molecule has 5 nitrogen and oxygen atoms in total. The molecule has 27 heavy (non-hydrogen) atoms. The summed E-state index contributed by atoms with van der Waals surface area (Å²) in [5.41, 5.74) is 0.786. The third-order valence-corrected chi connectivity index (χ3v) is 5.77. The Morgan fingerprint density at radius 3 is 2.59 bits per heavy atom. The van der Waals surface area contributed by atoms with Gasteiger partial charge in [0, 0.05) is 11.9 Å². The van der Waals surface area contributed by atoms with Crippen LogP contribution in [-0.4, -0.2) is 19.2 Å². The van der Waals surface area contributed by atoms with E-state index in [0.29, 0.717) is 16.9 Å². The van der Waals surface area contributed by atoms with Gasteiger partial charge in [-0.3, -0.25) is 13.8 Å². The Morgan fingerprint density at radius 1 is 0.926 bits per heavy atom. The lowest BCUT2D eigenvalue weighted by molar-refractivity contribution is 0.858. The number of hydrogen-bond donors (Lipinski definition) is 0. The molecule has 0 atom stereocenters. The Labute approximate surface area is 159 Å². The van der Waals surface area contributed by atoms with E-state index in [0.717, 1.165) is 11.3 Å². The van der Waals surface area contributed by atoms with Crippen LogP contribution in [0, 0.1) is 0 Å². The molecule has 0 N–H and O–H groups in total. The van der Waals surface area contributed by atoms with Crippen LogP contribution in [0.15, 0.2) is 76.4 Å². The number of rotatable bonds is 3. The minimum atomic E-state index is -0.0563. The molecule has 6 heteroatoms. The van der Waals surface area contributed by atoms with E-state index in [4.69, 9.17) is 0 Å². The molecular formula is C21H16N4OS. The molecule has 0 fully saturated rings. The van der Waals surface area contributed by atoms with Crippen molar-refractivity contribution < 1.29 is 0 Å². The van der Waals surface area contributed by atoms with Gasteiger partial charge in [0.1, 0.15) is 5.82 Å². The van der Waals surface area contributed by atoms with Crippen molar-refractivity contribution in [2.24, 2.45) is 7.05 Å². The molecule has 0 aliphatic carbocycles. The maximum Gasteiger partial charge on any atom is 0.262 e. The molecule has 0 bridgehead atoms. The first-order valence-electron chi connectivity index (χ1n) is 8.66. The number of fused-ring (bicyclic) bond motifs is 4. The van der Waals surface area contributed by atoms with E-state index in [1.807, 2.05) is 34.7 Å². The molecule has 3 aromatic carbocycles. The van der Waals surface area contributed by atoms with Gasteiger partial charge in [0.25, 0.3) is 5.56 Å². The van der Waals surface area contributed by atoms with Gasteiger partial charge in [-0.05, 0) is 35.0 Å². The molecule has 5 rings (SSSR count). The van der Waals surface area contributed by atoms with Crippen molar-refractivity contribution >= 4 is 39.2 Å². The summed E-state index contributed by atoms with van der Waals surface area (Å²) in [6.07, 6.45) is 0. The van der Waals surface area contributed by atoms with Gasteiger partial charge in [-0.25, -0.2) is 0 Å². The predicted molar refractivity (Wildman–Crippen MR) is 109 cm³/mol. The molecule has 0 aliphatic rings. The molecule has 0 saturated carbocycles. The lowest BCUT2D eigenvalue weighted by atomic mass is 10.1. The minimum absolute atomic E-state index is 0.0563. The fourth-order valence-corrected chi connectivity index (χ4v) is 4.25. The smallest absolute Gasteiger partial charge is 0.262 e. The molecule has 0 spiro atoms. The van der Waals surface area contributed by atoms with Crippen LogP contribution in [0.4, 0.5) is 0 Å². The summed E-state index contributed by atoms with van der Waals surface area (Å²) in [4.78, 5) is 13.7. The second-order valence-corrected chi connectivity index (χ2v) is 7.48. The molecule has 0 aliphatic heterocycles. The van der Waals surface area contributed by atoms with E-state index in [1.165, 1.54) is 15.7 Å². The molecule has 2 aromatic heterocycles. The summed E-state index contributed by atoms with van der Waals surface area (Å²) >= 11 is 1.72. The van der Waals surface area contributed by atoms with Crippen LogP contribution in [0.2, 0.25) is 0 Å². The van der Waals surface area contributed by atoms with Crippen molar-refractivity contribution in [3.63, 3.8) is 0 Å². The van der Waals surface area contributed by atoms with Crippen LogP contribution in [0.1, 0.15) is 5.82 Å². The first kappa shape index (κ1) is 16.1. The first-order valence-corrected chi connectivity index (χ1v) is 9.64. The Balaban J connectivity index is 1.58. The number of hydrogen-bond acceptors (Lipinski definition) is 4. The summed E-state index contributed by atoms with van der Waals surface area (Å²) < 4.78 is 3.53. The van der Waals surface area contributed by atoms with Crippen LogP contribution >= 0.6 is 11.8 Å². The molecular weight excluding hydrogens is 356 g/mol. The van der Waals surface area contributed by atoms with Gasteiger partial charge in [-0.2, -0.15) is 0 Å². The van der Waals surface area contributed by atoms with Gasteiger partial charge < -0.3 is 0 Å². The zero-order chi connectivity index (χ0) is 18.4. The Morgan fingerprint density at radius 2 is 1.70 bits per heavy atom. The predicted octanol–water partition coefficient (Wildman–Crippen LogP) is 4.03. The number of para-hydroxylation sites is 1. The Kier molecular flexibility index (Phi) is 3.72. The molecule has 0 amide bonds. The third-order valence-electron chi connectivity index (χ3n) is 4.78. The van der Waals surface area contributed by atoms with Gasteiger partial charge >= 0.3 is 0 Å². The maximum absolute atomic E-state index is 12.5. The normalized spacial score (nSPS) is 11.6. The number of aryl methyl sites for hydroxylation is 1. The molecule has 2 heterocycles. The Hall–Kier alpha value is -3.12. The van der Waals surface area contributed by atoms with Gasteiger partial charge in [0.05, 0.1) is 16.7 Å². The summed E-state index contributed by atoms with van der Waals surface area (Å²) in [7, 11) is 1.74. The van der Waals surface area contributed by atoms with E-state index < -0.39 is 0 Å². The van der Waals surface area contributed by atoms with E-state index >= 15 is 0 Å². The van der Waals surface area contributed by atoms with Crippen LogP contribution in [0.25, 0.3) is 27.5 Å². The van der Waals surface area contributed by atoms with E-state index in [9.17, 15) is 4.79 Å². The van der Waals surface area contributed by atoms with Crippen molar-refractivity contribution in [3.05, 3.63) is 82.9 Å². The monoisotopic (exact) mass is 372 g/mol. The zero-order valence-corrected chi connectivity index (χ0v) is 15.5. The molecule has 5 aromatic rings. The van der Waals surface area contributed by atoms with Crippen molar-refractivity contribution in [2.45, 2.75) is 10.6 Å². The van der Waals surface area contributed by atoms with Gasteiger partial charge in [-0.1, -0.05) is 42.5 Å². The number of benzene rings is 3. The van der Waals surface area contributed by atoms with Gasteiger partial charge in [0.2, 0.25) is 5.78 Å². The van der Waals surface area contributed by atoms with Crippen molar-refractivity contribution in [1.82, 2.24) is 19.2 Å². The maximum atomic E-state index is 12.5. The van der Waals surface area contributed by atoms with Crippen LogP contribution in [-0.2, 0) is 12.8 Å². The van der Waals surface area contributed by atoms with E-state index in [1.54, 1.807) is 23.4 Å². The highest BCUT2D eigenvalue weighted by Gasteiger charge is 2.14. The SMILES string of the molecule is Cn1c(=O)c2ccccc2n2c(CSc3ccc4ccccc4c3)nnc12. The quantitative estimate of drug-likeness (QED) is 0.449. The highest BCUT2D eigenvalue weighted by atomic mass is 32.2. The van der Waals surface area contributed by atoms with Crippen LogP contribution in [0.3, 0.4) is 0 Å². The largest absolute Gasteiger partial charge is 0.279 e. The van der Waals surface area contributed by atoms with E-state index in [2.05, 4.69) is 46.6 Å². The summed E-state index contributed by atoms with van der Waals surface area (Å²) in [5.74, 6) is 2.06. The fourth-order valence-electron chi connectivity index (χ4n) is 3.39. The molecule has 0 radical (unpaired) electrons. The molecule has 0 saturated heterocycles. The number of aromatic nitrogens is 4. The van der Waals surface area contributed by atoms with Crippen LogP contribution in [0.5, 0.6) is 0 Å². The average Bonchev–Trinajstić information content (AvgIpc) is 3.14. The highest BCUT2D eigenvalue weighted by Crippen LogP contribution is 2.27. The molecule has 132 valence electrons. The third kappa shape index (κ3) is 2.61. The fraction of sp³-hybridized carbons (Fsp3) is 0.0952. The minimum Gasteiger partial charge on any atom is -0.279 e. The first-order chi connectivity index (χ1) is 13.2. The zero-order valence-electron chi connectivity index (χ0n) is 14.7. The average molecular weight is 372 g/mol. The summed E-state index contributed by atoms with van der Waals surface area (Å²) in [6, 6.07) is 22.4. The Bertz CT molecular complexity index is 1370. The number of thioether (sulfide) groups is 1. The van der Waals surface area contributed by atoms with Crippen molar-refractivity contribution in [3.8, 4) is 0 Å².